The van der Waals surface area contributed by atoms with E-state index < -0.39 is 0 Å². The first-order valence-electron chi connectivity index (χ1n) is 8.20. The van der Waals surface area contributed by atoms with Crippen LogP contribution in [0.2, 0.25) is 0 Å². The van der Waals surface area contributed by atoms with Crippen LogP contribution in [-0.4, -0.2) is 23.5 Å². The molecular weight excluding hydrogens is 263 g/mol. The fourth-order valence-corrected chi connectivity index (χ4v) is 3.00. The second-order valence-corrected chi connectivity index (χ2v) is 6.92. The average molecular weight is 292 g/mol. The first-order valence-corrected chi connectivity index (χ1v) is 8.20. The van der Waals surface area contributed by atoms with Crippen molar-refractivity contribution in [2.75, 3.05) is 6.54 Å². The van der Waals surface area contributed by atoms with Crippen LogP contribution in [0.15, 0.2) is 18.2 Å². The van der Waals surface area contributed by atoms with E-state index in [1.807, 2.05) is 12.1 Å². The zero-order valence-electron chi connectivity index (χ0n) is 13.8. The van der Waals surface area contributed by atoms with Gasteiger partial charge in [-0.3, -0.25) is 4.90 Å². The summed E-state index contributed by atoms with van der Waals surface area (Å²) in [6, 6.07) is 6.53. The summed E-state index contributed by atoms with van der Waals surface area (Å²) in [5.41, 5.74) is 2.00. The van der Waals surface area contributed by atoms with E-state index in [1.54, 1.807) is 6.07 Å². The maximum absolute atomic E-state index is 14.1. The highest BCUT2D eigenvalue weighted by Gasteiger charge is 2.23. The molecule has 1 aliphatic heterocycles. The highest BCUT2D eigenvalue weighted by molar-refractivity contribution is 5.25. The lowest BCUT2D eigenvalue weighted by atomic mass is 9.94. The Bertz CT molecular complexity index is 459. The maximum atomic E-state index is 14.1. The van der Waals surface area contributed by atoms with E-state index in [1.165, 1.54) is 12.8 Å². The Hall–Kier alpha value is -0.930. The van der Waals surface area contributed by atoms with Gasteiger partial charge in [0.05, 0.1) is 0 Å². The van der Waals surface area contributed by atoms with Crippen LogP contribution >= 0.6 is 0 Å². The van der Waals surface area contributed by atoms with Crippen LogP contribution in [0.3, 0.4) is 0 Å². The van der Waals surface area contributed by atoms with Gasteiger partial charge in [-0.15, -0.1) is 0 Å². The lowest BCUT2D eigenvalue weighted by Crippen LogP contribution is -2.40. The molecule has 0 aliphatic carbocycles. The van der Waals surface area contributed by atoms with Gasteiger partial charge < -0.3 is 5.32 Å². The van der Waals surface area contributed by atoms with Crippen molar-refractivity contribution in [2.24, 2.45) is 5.92 Å². The summed E-state index contributed by atoms with van der Waals surface area (Å²) in [5, 5.41) is 3.39. The van der Waals surface area contributed by atoms with Crippen LogP contribution in [-0.2, 0) is 13.1 Å². The Morgan fingerprint density at radius 3 is 2.76 bits per heavy atom. The SMILES string of the molecule is CC1CCC(C)N(Cc2cc(CNC(C)C)ccc2F)C1. The van der Waals surface area contributed by atoms with Crippen molar-refractivity contribution in [1.29, 1.82) is 0 Å². The molecule has 1 heterocycles. The molecule has 2 nitrogen and oxygen atoms in total. The van der Waals surface area contributed by atoms with E-state index in [4.69, 9.17) is 0 Å². The molecule has 0 radical (unpaired) electrons. The third-order valence-corrected chi connectivity index (χ3v) is 4.44. The van der Waals surface area contributed by atoms with E-state index in [2.05, 4.69) is 37.9 Å². The smallest absolute Gasteiger partial charge is 0.127 e. The van der Waals surface area contributed by atoms with Gasteiger partial charge in [0.25, 0.3) is 0 Å². The summed E-state index contributed by atoms with van der Waals surface area (Å²) < 4.78 is 14.1. The molecule has 118 valence electrons. The topological polar surface area (TPSA) is 15.3 Å². The molecule has 0 aromatic heterocycles. The fraction of sp³-hybridized carbons (Fsp3) is 0.667. The Kier molecular flexibility index (Phi) is 5.77. The number of hydrogen-bond acceptors (Lipinski definition) is 2. The van der Waals surface area contributed by atoms with Gasteiger partial charge >= 0.3 is 0 Å². The standard InChI is InChI=1S/C18H29FN2/c1-13(2)20-10-16-7-8-18(19)17(9-16)12-21-11-14(3)5-6-15(21)4/h7-9,13-15,20H,5-6,10-12H2,1-4H3. The molecule has 1 aromatic rings. The Labute approximate surface area is 128 Å². The van der Waals surface area contributed by atoms with Gasteiger partial charge in [0.15, 0.2) is 0 Å². The number of hydrogen-bond donors (Lipinski definition) is 1. The number of likely N-dealkylation sites (tertiary alicyclic amines) is 1. The molecule has 0 amide bonds. The summed E-state index contributed by atoms with van der Waals surface area (Å²) in [4.78, 5) is 2.42. The first kappa shape index (κ1) is 16.4. The molecule has 1 saturated heterocycles. The number of rotatable bonds is 5. The Morgan fingerprint density at radius 1 is 1.29 bits per heavy atom. The quantitative estimate of drug-likeness (QED) is 0.884. The van der Waals surface area contributed by atoms with Crippen molar-refractivity contribution < 1.29 is 4.39 Å². The second-order valence-electron chi connectivity index (χ2n) is 6.92. The number of nitrogens with one attached hydrogen (secondary N) is 1. The van der Waals surface area contributed by atoms with E-state index >= 15 is 0 Å². The summed E-state index contributed by atoms with van der Waals surface area (Å²) in [6.45, 7) is 11.4. The van der Waals surface area contributed by atoms with Gasteiger partial charge in [-0.05, 0) is 37.3 Å². The zero-order valence-corrected chi connectivity index (χ0v) is 13.8. The predicted molar refractivity (Wildman–Crippen MR) is 86.6 cm³/mol. The van der Waals surface area contributed by atoms with Crippen LogP contribution in [0.1, 0.15) is 51.7 Å². The van der Waals surface area contributed by atoms with E-state index in [9.17, 15) is 4.39 Å². The van der Waals surface area contributed by atoms with Gasteiger partial charge in [0.1, 0.15) is 5.82 Å². The van der Waals surface area contributed by atoms with Crippen molar-refractivity contribution >= 4 is 0 Å². The average Bonchev–Trinajstić information content (AvgIpc) is 2.43. The summed E-state index contributed by atoms with van der Waals surface area (Å²) in [6.07, 6.45) is 2.51. The van der Waals surface area contributed by atoms with Gasteiger partial charge in [-0.2, -0.15) is 0 Å². The molecule has 2 atom stereocenters. The van der Waals surface area contributed by atoms with Crippen LogP contribution in [0.4, 0.5) is 4.39 Å². The summed E-state index contributed by atoms with van der Waals surface area (Å²) in [7, 11) is 0. The molecule has 1 aliphatic rings. The monoisotopic (exact) mass is 292 g/mol. The van der Waals surface area contributed by atoms with Crippen molar-refractivity contribution in [3.63, 3.8) is 0 Å². The Morgan fingerprint density at radius 2 is 2.05 bits per heavy atom. The number of piperidine rings is 1. The lowest BCUT2D eigenvalue weighted by Gasteiger charge is -2.36. The molecule has 0 bridgehead atoms. The highest BCUT2D eigenvalue weighted by Crippen LogP contribution is 2.24. The van der Waals surface area contributed by atoms with Crippen molar-refractivity contribution in [2.45, 2.75) is 65.7 Å². The fourth-order valence-electron chi connectivity index (χ4n) is 3.00. The van der Waals surface area contributed by atoms with Crippen LogP contribution in [0, 0.1) is 11.7 Å². The highest BCUT2D eigenvalue weighted by atomic mass is 19.1. The Balaban J connectivity index is 2.05. The molecule has 1 N–H and O–H groups in total. The van der Waals surface area contributed by atoms with Gasteiger partial charge in [0, 0.05) is 37.3 Å². The van der Waals surface area contributed by atoms with E-state index in [0.29, 0.717) is 12.1 Å². The summed E-state index contributed by atoms with van der Waals surface area (Å²) >= 11 is 0. The lowest BCUT2D eigenvalue weighted by molar-refractivity contribution is 0.116. The first-order chi connectivity index (χ1) is 9.95. The molecule has 0 saturated carbocycles. The zero-order chi connectivity index (χ0) is 15.4. The van der Waals surface area contributed by atoms with Gasteiger partial charge in [0.2, 0.25) is 0 Å². The summed E-state index contributed by atoms with van der Waals surface area (Å²) in [5.74, 6) is 0.642. The molecule has 2 rings (SSSR count). The molecule has 1 aromatic carbocycles. The normalized spacial score (nSPS) is 23.7. The number of halogens is 1. The molecule has 2 unspecified atom stereocenters. The second kappa shape index (κ2) is 7.37. The minimum Gasteiger partial charge on any atom is -0.310 e. The van der Waals surface area contributed by atoms with Crippen LogP contribution in [0.25, 0.3) is 0 Å². The van der Waals surface area contributed by atoms with Crippen molar-refractivity contribution in [3.05, 3.63) is 35.1 Å². The van der Waals surface area contributed by atoms with E-state index in [0.717, 1.165) is 36.7 Å². The third kappa shape index (κ3) is 4.79. The molecule has 21 heavy (non-hydrogen) atoms. The molecule has 3 heteroatoms. The van der Waals surface area contributed by atoms with Gasteiger partial charge in [-0.25, -0.2) is 4.39 Å². The minimum absolute atomic E-state index is 0.0753. The largest absolute Gasteiger partial charge is 0.310 e. The predicted octanol–water partition coefficient (Wildman–Crippen LogP) is 3.94. The van der Waals surface area contributed by atoms with Crippen molar-refractivity contribution in [3.8, 4) is 0 Å². The van der Waals surface area contributed by atoms with E-state index in [-0.39, 0.29) is 5.82 Å². The number of benzene rings is 1. The number of nitrogens with zero attached hydrogens (tertiary/aromatic N) is 1. The maximum Gasteiger partial charge on any atom is 0.127 e. The molecule has 0 spiro atoms. The third-order valence-electron chi connectivity index (χ3n) is 4.44. The van der Waals surface area contributed by atoms with Crippen LogP contribution < -0.4 is 5.32 Å². The minimum atomic E-state index is -0.0753. The molecule has 1 fully saturated rings. The van der Waals surface area contributed by atoms with Gasteiger partial charge in [-0.1, -0.05) is 32.9 Å². The van der Waals surface area contributed by atoms with Crippen LogP contribution in [0.5, 0.6) is 0 Å². The van der Waals surface area contributed by atoms with Crippen molar-refractivity contribution in [1.82, 2.24) is 10.2 Å². The molecular formula is C18H29FN2.